The first kappa shape index (κ1) is 8.80. The summed E-state index contributed by atoms with van der Waals surface area (Å²) in [4.78, 5) is 14.1. The van der Waals surface area contributed by atoms with Gasteiger partial charge >= 0.3 is 5.97 Å². The number of nitrogens with zero attached hydrogens (tertiary/aromatic N) is 1. The number of carboxylic acids is 1. The number of halogens is 1. The Morgan fingerprint density at radius 3 is 2.83 bits per heavy atom. The van der Waals surface area contributed by atoms with Gasteiger partial charge in [-0.3, -0.25) is 0 Å². The minimum Gasteiger partial charge on any atom is -0.480 e. The van der Waals surface area contributed by atoms with Crippen molar-refractivity contribution in [1.29, 1.82) is 0 Å². The summed E-state index contributed by atoms with van der Waals surface area (Å²) in [5.41, 5.74) is -0.0868. The second-order valence-electron chi connectivity index (χ2n) is 1.99. The van der Waals surface area contributed by atoms with Crippen LogP contribution in [0.25, 0.3) is 0 Å². The number of carboxylic acid groups (broad SMARTS) is 1. The summed E-state index contributed by atoms with van der Waals surface area (Å²) in [6.07, 6.45) is 0. The van der Waals surface area contributed by atoms with Crippen LogP contribution in [0.2, 0.25) is 5.02 Å². The molecule has 0 aliphatic rings. The molecule has 1 heterocycles. The Hall–Kier alpha value is -1.29. The van der Waals surface area contributed by atoms with Crippen LogP contribution in [0.1, 0.15) is 10.5 Å². The van der Waals surface area contributed by atoms with Crippen molar-refractivity contribution in [2.45, 2.75) is 0 Å². The molecule has 4 nitrogen and oxygen atoms in total. The standard InChI is InChI=1S/C7H6ClNO3/c1-12-6-4(8)2-3-5(9-6)7(10)11/h2-3H,1H3,(H,10,11). The topological polar surface area (TPSA) is 59.4 Å². The number of aromatic nitrogens is 1. The molecule has 0 unspecified atom stereocenters. The van der Waals surface area contributed by atoms with E-state index < -0.39 is 5.97 Å². The van der Waals surface area contributed by atoms with Crippen LogP contribution in [-0.4, -0.2) is 23.2 Å². The smallest absolute Gasteiger partial charge is 0.354 e. The van der Waals surface area contributed by atoms with Gasteiger partial charge < -0.3 is 9.84 Å². The fraction of sp³-hybridized carbons (Fsp3) is 0.143. The van der Waals surface area contributed by atoms with Crippen LogP contribution in [0.5, 0.6) is 5.88 Å². The third-order valence-corrected chi connectivity index (χ3v) is 1.51. The molecule has 1 N–H and O–H groups in total. The number of carbonyl (C=O) groups is 1. The number of aromatic carboxylic acids is 1. The molecule has 0 aliphatic heterocycles. The van der Waals surface area contributed by atoms with Crippen LogP contribution in [0.15, 0.2) is 12.1 Å². The number of pyridine rings is 1. The fourth-order valence-corrected chi connectivity index (χ4v) is 0.868. The SMILES string of the molecule is COc1nc(C(=O)O)ccc1Cl. The van der Waals surface area contributed by atoms with Gasteiger partial charge in [0.25, 0.3) is 0 Å². The first-order valence-corrected chi connectivity index (χ1v) is 3.46. The van der Waals surface area contributed by atoms with E-state index in [1.807, 2.05) is 0 Å². The van der Waals surface area contributed by atoms with Crippen molar-refractivity contribution in [2.24, 2.45) is 0 Å². The lowest BCUT2D eigenvalue weighted by molar-refractivity contribution is 0.0689. The maximum Gasteiger partial charge on any atom is 0.354 e. The van der Waals surface area contributed by atoms with Gasteiger partial charge in [0.15, 0.2) is 5.69 Å². The van der Waals surface area contributed by atoms with E-state index in [1.54, 1.807) is 0 Å². The molecular weight excluding hydrogens is 182 g/mol. The predicted octanol–water partition coefficient (Wildman–Crippen LogP) is 1.44. The fourth-order valence-electron chi connectivity index (χ4n) is 0.686. The minimum absolute atomic E-state index is 0.0868. The van der Waals surface area contributed by atoms with Crippen LogP contribution in [-0.2, 0) is 0 Å². The second-order valence-corrected chi connectivity index (χ2v) is 2.40. The number of rotatable bonds is 2. The maximum atomic E-state index is 10.4. The summed E-state index contributed by atoms with van der Waals surface area (Å²) in [7, 11) is 1.37. The molecule has 1 rings (SSSR count). The van der Waals surface area contributed by atoms with E-state index in [-0.39, 0.29) is 11.6 Å². The number of ether oxygens (including phenoxy) is 1. The Balaban J connectivity index is 3.13. The highest BCUT2D eigenvalue weighted by Gasteiger charge is 2.08. The molecule has 0 aromatic carbocycles. The van der Waals surface area contributed by atoms with Crippen molar-refractivity contribution >= 4 is 17.6 Å². The van der Waals surface area contributed by atoms with E-state index in [9.17, 15) is 4.79 Å². The number of methoxy groups -OCH3 is 1. The average molecular weight is 188 g/mol. The molecule has 64 valence electrons. The van der Waals surface area contributed by atoms with Gasteiger partial charge in [-0.15, -0.1) is 0 Å². The Bertz CT molecular complexity index is 314. The largest absolute Gasteiger partial charge is 0.480 e. The van der Waals surface area contributed by atoms with Crippen molar-refractivity contribution in [1.82, 2.24) is 4.98 Å². The third kappa shape index (κ3) is 1.65. The van der Waals surface area contributed by atoms with Crippen molar-refractivity contribution in [3.05, 3.63) is 22.8 Å². The first-order chi connectivity index (χ1) is 5.65. The van der Waals surface area contributed by atoms with E-state index in [2.05, 4.69) is 4.98 Å². The van der Waals surface area contributed by atoms with Crippen molar-refractivity contribution in [3.8, 4) is 5.88 Å². The number of hydrogen-bond donors (Lipinski definition) is 1. The summed E-state index contributed by atoms with van der Waals surface area (Å²) >= 11 is 5.62. The molecule has 0 saturated heterocycles. The van der Waals surface area contributed by atoms with E-state index in [1.165, 1.54) is 19.2 Å². The minimum atomic E-state index is -1.11. The van der Waals surface area contributed by atoms with E-state index in [0.717, 1.165) is 0 Å². The van der Waals surface area contributed by atoms with Crippen LogP contribution < -0.4 is 4.74 Å². The molecule has 0 aliphatic carbocycles. The van der Waals surface area contributed by atoms with Crippen molar-refractivity contribution in [2.75, 3.05) is 7.11 Å². The Kier molecular flexibility index (Phi) is 2.50. The monoisotopic (exact) mass is 187 g/mol. The van der Waals surface area contributed by atoms with E-state index in [0.29, 0.717) is 5.02 Å². The molecule has 0 fully saturated rings. The van der Waals surface area contributed by atoms with Gasteiger partial charge in [-0.1, -0.05) is 11.6 Å². The molecule has 0 amide bonds. The normalized spacial score (nSPS) is 9.50. The van der Waals surface area contributed by atoms with Gasteiger partial charge in [0.1, 0.15) is 5.02 Å². The summed E-state index contributed by atoms with van der Waals surface area (Å²) in [6.45, 7) is 0. The highest BCUT2D eigenvalue weighted by atomic mass is 35.5. The van der Waals surface area contributed by atoms with E-state index in [4.69, 9.17) is 21.4 Å². The molecule has 5 heteroatoms. The Labute approximate surface area is 73.8 Å². The lowest BCUT2D eigenvalue weighted by Crippen LogP contribution is -2.01. The van der Waals surface area contributed by atoms with Gasteiger partial charge in [-0.2, -0.15) is 0 Å². The third-order valence-electron chi connectivity index (χ3n) is 1.23. The zero-order valence-corrected chi connectivity index (χ0v) is 7.00. The molecule has 0 atom stereocenters. The van der Waals surface area contributed by atoms with Crippen molar-refractivity contribution in [3.63, 3.8) is 0 Å². The zero-order valence-electron chi connectivity index (χ0n) is 6.24. The summed E-state index contributed by atoms with van der Waals surface area (Å²) < 4.78 is 4.73. The van der Waals surface area contributed by atoms with Gasteiger partial charge in [0, 0.05) is 0 Å². The molecule has 0 bridgehead atoms. The second kappa shape index (κ2) is 3.40. The predicted molar refractivity (Wildman–Crippen MR) is 42.8 cm³/mol. The first-order valence-electron chi connectivity index (χ1n) is 3.09. The van der Waals surface area contributed by atoms with Gasteiger partial charge in [-0.25, -0.2) is 9.78 Å². The Morgan fingerprint density at radius 1 is 1.67 bits per heavy atom. The molecule has 0 saturated carbocycles. The zero-order chi connectivity index (χ0) is 9.14. The van der Waals surface area contributed by atoms with Crippen molar-refractivity contribution < 1.29 is 14.6 Å². The molecule has 0 spiro atoms. The molecule has 1 aromatic heterocycles. The van der Waals surface area contributed by atoms with Crippen LogP contribution >= 0.6 is 11.6 Å². The maximum absolute atomic E-state index is 10.4. The lowest BCUT2D eigenvalue weighted by Gasteiger charge is -2.01. The highest BCUT2D eigenvalue weighted by Crippen LogP contribution is 2.20. The van der Waals surface area contributed by atoms with Gasteiger partial charge in [-0.05, 0) is 12.1 Å². The summed E-state index contributed by atoms with van der Waals surface area (Å²) in [6, 6.07) is 2.74. The highest BCUT2D eigenvalue weighted by molar-refractivity contribution is 6.31. The van der Waals surface area contributed by atoms with Gasteiger partial charge in [0.2, 0.25) is 5.88 Å². The van der Waals surface area contributed by atoms with E-state index >= 15 is 0 Å². The lowest BCUT2D eigenvalue weighted by atomic mass is 10.3. The summed E-state index contributed by atoms with van der Waals surface area (Å²) in [5, 5.41) is 8.83. The number of hydrogen-bond acceptors (Lipinski definition) is 3. The van der Waals surface area contributed by atoms with Crippen LogP contribution in [0.4, 0.5) is 0 Å². The Morgan fingerprint density at radius 2 is 2.33 bits per heavy atom. The average Bonchev–Trinajstić information content (AvgIpc) is 2.05. The molecule has 12 heavy (non-hydrogen) atoms. The quantitative estimate of drug-likeness (QED) is 0.761. The van der Waals surface area contributed by atoms with Crippen LogP contribution in [0, 0.1) is 0 Å². The van der Waals surface area contributed by atoms with Crippen LogP contribution in [0.3, 0.4) is 0 Å². The van der Waals surface area contributed by atoms with Gasteiger partial charge in [0.05, 0.1) is 7.11 Å². The molecular formula is C7H6ClNO3. The molecule has 0 radical (unpaired) electrons. The molecule has 1 aromatic rings. The summed E-state index contributed by atoms with van der Waals surface area (Å²) in [5.74, 6) is -0.985.